The van der Waals surface area contributed by atoms with Crippen LogP contribution in [0.5, 0.6) is 0 Å². The average Bonchev–Trinajstić information content (AvgIpc) is 2.78. The van der Waals surface area contributed by atoms with Crippen molar-refractivity contribution in [3.05, 3.63) is 30.1 Å². The Balaban J connectivity index is 2.43. The van der Waals surface area contributed by atoms with E-state index in [-0.39, 0.29) is 13.0 Å². The quantitative estimate of drug-likeness (QED) is 0.758. The zero-order valence-electron chi connectivity index (χ0n) is 9.37. The minimum Gasteiger partial charge on any atom is -0.548 e. The lowest BCUT2D eigenvalue weighted by Crippen LogP contribution is -2.47. The maximum Gasteiger partial charge on any atom is 0.246 e. The fourth-order valence-corrected chi connectivity index (χ4v) is 3.76. The van der Waals surface area contributed by atoms with Gasteiger partial charge in [-0.05, 0) is 25.0 Å². The van der Waals surface area contributed by atoms with Crippen molar-refractivity contribution in [1.29, 1.82) is 0 Å². The van der Waals surface area contributed by atoms with Gasteiger partial charge in [0, 0.05) is 6.54 Å². The summed E-state index contributed by atoms with van der Waals surface area (Å²) in [4.78, 5) is 10.4. The first-order valence-corrected chi connectivity index (χ1v) is 6.86. The van der Waals surface area contributed by atoms with Crippen molar-refractivity contribution in [3.8, 4) is 0 Å². The number of nitrogens with zero attached hydrogens (tertiary/aromatic N) is 1. The highest BCUT2D eigenvalue weighted by Gasteiger charge is 2.37. The normalized spacial score (nSPS) is 21.1. The van der Waals surface area contributed by atoms with E-state index in [4.69, 9.17) is 0 Å². The molecule has 0 aromatic heterocycles. The third kappa shape index (κ3) is 2.11. The second kappa shape index (κ2) is 4.66. The van der Waals surface area contributed by atoms with Crippen LogP contribution in [0.25, 0.3) is 0 Å². The van der Waals surface area contributed by atoms with Gasteiger partial charge in [-0.15, -0.1) is 0 Å². The molecule has 0 bridgehead atoms. The van der Waals surface area contributed by atoms with Crippen molar-refractivity contribution >= 4 is 16.0 Å². The molecule has 7 heteroatoms. The molecular formula is C11H11FNO4S-. The van der Waals surface area contributed by atoms with Gasteiger partial charge in [0.1, 0.15) is 10.7 Å². The van der Waals surface area contributed by atoms with Crippen molar-refractivity contribution in [2.24, 2.45) is 0 Å². The van der Waals surface area contributed by atoms with E-state index < -0.39 is 32.7 Å². The van der Waals surface area contributed by atoms with Crippen molar-refractivity contribution in [2.45, 2.75) is 23.8 Å². The molecule has 0 N–H and O–H groups in total. The molecule has 0 spiro atoms. The van der Waals surface area contributed by atoms with Gasteiger partial charge in [0.05, 0.1) is 12.0 Å². The molecule has 1 aromatic carbocycles. The van der Waals surface area contributed by atoms with Crippen LogP contribution in [0.2, 0.25) is 0 Å². The van der Waals surface area contributed by atoms with Crippen LogP contribution in [0.3, 0.4) is 0 Å². The number of aliphatic carboxylic acids is 1. The molecule has 0 unspecified atom stereocenters. The molecule has 98 valence electrons. The second-order valence-corrected chi connectivity index (χ2v) is 5.88. The van der Waals surface area contributed by atoms with Crippen LogP contribution >= 0.6 is 0 Å². The Morgan fingerprint density at radius 3 is 2.67 bits per heavy atom. The molecule has 1 aliphatic rings. The summed E-state index contributed by atoms with van der Waals surface area (Å²) in [5, 5.41) is 10.9. The summed E-state index contributed by atoms with van der Waals surface area (Å²) in [6, 6.07) is 3.69. The number of carbonyl (C=O) groups is 1. The van der Waals surface area contributed by atoms with Crippen molar-refractivity contribution in [3.63, 3.8) is 0 Å². The lowest BCUT2D eigenvalue weighted by Gasteiger charge is -2.24. The monoisotopic (exact) mass is 272 g/mol. The molecule has 1 heterocycles. The summed E-state index contributed by atoms with van der Waals surface area (Å²) in [5.74, 6) is -2.34. The maximum absolute atomic E-state index is 13.5. The Kier molecular flexibility index (Phi) is 3.36. The Labute approximate surface area is 104 Å². The van der Waals surface area contributed by atoms with Gasteiger partial charge < -0.3 is 9.90 Å². The van der Waals surface area contributed by atoms with Crippen LogP contribution < -0.4 is 5.11 Å². The van der Waals surface area contributed by atoms with Gasteiger partial charge in [0.2, 0.25) is 10.0 Å². The van der Waals surface area contributed by atoms with Crippen LogP contribution in [0.1, 0.15) is 12.8 Å². The second-order valence-electron chi connectivity index (χ2n) is 4.02. The van der Waals surface area contributed by atoms with Gasteiger partial charge in [-0.25, -0.2) is 12.8 Å². The van der Waals surface area contributed by atoms with E-state index in [9.17, 15) is 22.7 Å². The lowest BCUT2D eigenvalue weighted by molar-refractivity contribution is -0.309. The number of hydrogen-bond acceptors (Lipinski definition) is 4. The Bertz CT molecular complexity index is 572. The highest BCUT2D eigenvalue weighted by atomic mass is 32.2. The van der Waals surface area contributed by atoms with Crippen LogP contribution in [-0.4, -0.2) is 31.3 Å². The van der Waals surface area contributed by atoms with Crippen molar-refractivity contribution in [2.75, 3.05) is 6.54 Å². The summed E-state index contributed by atoms with van der Waals surface area (Å²) in [5.41, 5.74) is 0. The first-order valence-electron chi connectivity index (χ1n) is 5.42. The molecule has 2 rings (SSSR count). The van der Waals surface area contributed by atoms with Gasteiger partial charge in [-0.1, -0.05) is 12.1 Å². The molecule has 18 heavy (non-hydrogen) atoms. The summed E-state index contributed by atoms with van der Waals surface area (Å²) in [6.45, 7) is 0.0648. The van der Waals surface area contributed by atoms with E-state index in [1.807, 2.05) is 0 Å². The molecule has 1 fully saturated rings. The smallest absolute Gasteiger partial charge is 0.246 e. The highest BCUT2D eigenvalue weighted by Crippen LogP contribution is 2.27. The number of hydrogen-bond donors (Lipinski definition) is 0. The number of carboxylic acid groups (broad SMARTS) is 1. The molecule has 1 atom stereocenters. The number of halogens is 1. The van der Waals surface area contributed by atoms with Crippen molar-refractivity contribution in [1.82, 2.24) is 4.31 Å². The summed E-state index contributed by atoms with van der Waals surface area (Å²) >= 11 is 0. The fourth-order valence-electron chi connectivity index (χ4n) is 2.04. The van der Waals surface area contributed by atoms with Gasteiger partial charge in [0.15, 0.2) is 0 Å². The SMILES string of the molecule is O=C([O-])[C@H]1CCCN1S(=O)(=O)c1ccccc1F. The summed E-state index contributed by atoms with van der Waals surface area (Å²) in [6.07, 6.45) is 0.613. The minimum absolute atomic E-state index is 0.0648. The van der Waals surface area contributed by atoms with E-state index in [1.165, 1.54) is 12.1 Å². The molecule has 0 aliphatic carbocycles. The molecule has 1 aromatic rings. The van der Waals surface area contributed by atoms with E-state index in [1.54, 1.807) is 0 Å². The van der Waals surface area contributed by atoms with Gasteiger partial charge >= 0.3 is 0 Å². The van der Waals surface area contributed by atoms with E-state index >= 15 is 0 Å². The van der Waals surface area contributed by atoms with Gasteiger partial charge in [0.25, 0.3) is 0 Å². The molecule has 0 saturated carbocycles. The topological polar surface area (TPSA) is 77.5 Å². The molecule has 5 nitrogen and oxygen atoms in total. The number of carbonyl (C=O) groups excluding carboxylic acids is 1. The zero-order valence-corrected chi connectivity index (χ0v) is 10.2. The molecule has 1 saturated heterocycles. The van der Waals surface area contributed by atoms with Crippen LogP contribution in [0.4, 0.5) is 4.39 Å². The first kappa shape index (κ1) is 13.0. The predicted octanol–water partition coefficient (Wildman–Crippen LogP) is -0.271. The maximum atomic E-state index is 13.5. The van der Waals surface area contributed by atoms with E-state index in [0.717, 1.165) is 16.4 Å². The average molecular weight is 272 g/mol. The van der Waals surface area contributed by atoms with E-state index in [0.29, 0.717) is 6.42 Å². The van der Waals surface area contributed by atoms with Crippen LogP contribution in [-0.2, 0) is 14.8 Å². The third-order valence-corrected chi connectivity index (χ3v) is 4.84. The van der Waals surface area contributed by atoms with Gasteiger partial charge in [-0.2, -0.15) is 4.31 Å². The van der Waals surface area contributed by atoms with Gasteiger partial charge in [-0.3, -0.25) is 0 Å². The number of rotatable bonds is 3. The summed E-state index contributed by atoms with van der Waals surface area (Å²) in [7, 11) is -4.13. The van der Waals surface area contributed by atoms with Crippen LogP contribution in [0.15, 0.2) is 29.2 Å². The zero-order chi connectivity index (χ0) is 13.3. The molecule has 0 radical (unpaired) electrons. The fraction of sp³-hybridized carbons (Fsp3) is 0.364. The number of carboxylic acids is 1. The van der Waals surface area contributed by atoms with Crippen molar-refractivity contribution < 1.29 is 22.7 Å². The molecular weight excluding hydrogens is 261 g/mol. The lowest BCUT2D eigenvalue weighted by atomic mass is 10.2. The standard InChI is InChI=1S/C11H12FNO4S/c12-8-4-1-2-6-10(8)18(16,17)13-7-3-5-9(13)11(14)15/h1-2,4,6,9H,3,5,7H2,(H,14,15)/p-1/t9-/m1/s1. The Morgan fingerprint density at radius 2 is 2.06 bits per heavy atom. The number of sulfonamides is 1. The minimum atomic E-state index is -4.13. The Morgan fingerprint density at radius 1 is 1.39 bits per heavy atom. The van der Waals surface area contributed by atoms with E-state index in [2.05, 4.69) is 0 Å². The Hall–Kier alpha value is -1.47. The summed E-state index contributed by atoms with van der Waals surface area (Å²) < 4.78 is 38.6. The largest absolute Gasteiger partial charge is 0.548 e. The first-order chi connectivity index (χ1) is 8.44. The predicted molar refractivity (Wildman–Crippen MR) is 58.3 cm³/mol. The third-order valence-electron chi connectivity index (χ3n) is 2.90. The molecule has 1 aliphatic heterocycles. The highest BCUT2D eigenvalue weighted by molar-refractivity contribution is 7.89. The number of benzene rings is 1. The molecule has 0 amide bonds. The van der Waals surface area contributed by atoms with Crippen LogP contribution in [0, 0.1) is 5.82 Å².